The van der Waals surface area contributed by atoms with Gasteiger partial charge in [0.25, 0.3) is 0 Å². The SMILES string of the molecule is OCC(O)C(O)C(O)CO[C@@H]1[C@@H](O)[C@H]2O[C@H]3[C@H](O)[C@@H](O)[C@@H](O[C@H]4[C@H](O)[C@@H](O)[C@@H](O[C@H]5[C@H](O)[C@@H](O)[C@@H](O[C@H]6[C@H](O)[C@@H](O)[C@@H](O[C@H]7[C@H](O)[C@@H](O)[C@@H](O[C@H]1[C@@H](CO)O2)O[C@@H]7CO)O[C@@H]6CO)O[C@@H]5CO)O[C@@H]4CO)O[C@@H]3CO. The fourth-order valence-corrected chi connectivity index (χ4v) is 9.78. The topological polar surface area (TPSA) is 545 Å². The van der Waals surface area contributed by atoms with Gasteiger partial charge in [0.05, 0.1) is 52.9 Å². The van der Waals surface area contributed by atoms with Crippen LogP contribution in [-0.4, -0.2) is 363 Å². The maximum atomic E-state index is 11.8. The van der Waals surface area contributed by atoms with Crippen LogP contribution in [0.25, 0.3) is 0 Å². The maximum absolute atomic E-state index is 11.8. The highest BCUT2D eigenvalue weighted by Crippen LogP contribution is 2.38. The molecular weight excluding hydrogens is 1040 g/mol. The van der Waals surface area contributed by atoms with E-state index in [4.69, 9.17) is 61.6 Å². The van der Waals surface area contributed by atoms with E-state index in [0.717, 1.165) is 0 Å². The maximum Gasteiger partial charge on any atom is 0.187 e. The second-order valence-corrected chi connectivity index (χ2v) is 19.0. The Kier molecular flexibility index (Phi) is 21.6. The van der Waals surface area contributed by atoms with Crippen molar-refractivity contribution in [3.63, 3.8) is 0 Å². The quantitative estimate of drug-likeness (QED) is 0.0863. The van der Waals surface area contributed by atoms with Crippen LogP contribution >= 0.6 is 0 Å². The monoisotopic (exact) mass is 1110 g/mol. The molecule has 22 saturated heterocycles. The molecule has 12 bridgehead atoms. The van der Waals surface area contributed by atoms with Gasteiger partial charge in [0.15, 0.2) is 37.7 Å². The standard InChI is InChI=1S/C41H70O34/c42-1-9(49)17(51)10(50)8-63-35-28(62)41-69-16(7-48)34(35)75-40-27(61)22(56)32(14(5-46)68-40)73-38-25(59)20(54)30(12(3-44)66-38)71-36-23(57)18(52)29(11(2-43)64-36)70-37-24(58)19(53)31(13(4-45)65-37)72-39-26(60)21(55)33(74-41)15(6-47)67-39/h9-62H,1-8H2/t9?,10?,11-,12-,13-,14-,15-,16-,17?,18-,19-,20-,21-,22-,23-,24-,25-,26-,27-,28-,29-,30-,31-,32-,33-,34+,35-,36-,37-,38-,39-,40-,41-/m1/s1. The molecule has 0 aromatic carbocycles. The summed E-state index contributed by atoms with van der Waals surface area (Å²) in [6.07, 6.45) is -66.5. The molecular formula is C41H70O34. The summed E-state index contributed by atoms with van der Waals surface area (Å²) in [7, 11) is 0. The van der Waals surface area contributed by atoms with Gasteiger partial charge in [0, 0.05) is 0 Å². The molecule has 21 N–H and O–H groups in total. The van der Waals surface area contributed by atoms with Crippen molar-refractivity contribution in [1.29, 1.82) is 0 Å². The van der Waals surface area contributed by atoms with Gasteiger partial charge in [-0.3, -0.25) is 0 Å². The summed E-state index contributed by atoms with van der Waals surface area (Å²) in [5.41, 5.74) is 0. The van der Waals surface area contributed by atoms with E-state index < -0.39 is 255 Å². The predicted molar refractivity (Wildman–Crippen MR) is 225 cm³/mol. The van der Waals surface area contributed by atoms with Crippen molar-refractivity contribution in [1.82, 2.24) is 0 Å². The van der Waals surface area contributed by atoms with Gasteiger partial charge in [0.1, 0.15) is 165 Å². The van der Waals surface area contributed by atoms with E-state index >= 15 is 0 Å². The Labute approximate surface area is 423 Å². The lowest BCUT2D eigenvalue weighted by Gasteiger charge is -2.51. The smallest absolute Gasteiger partial charge is 0.187 e. The van der Waals surface area contributed by atoms with Gasteiger partial charge in [0.2, 0.25) is 0 Å². The van der Waals surface area contributed by atoms with Crippen LogP contribution in [0, 0.1) is 0 Å². The van der Waals surface area contributed by atoms with Crippen molar-refractivity contribution >= 4 is 0 Å². The molecule has 22 aliphatic rings. The van der Waals surface area contributed by atoms with E-state index in [2.05, 4.69) is 0 Å². The summed E-state index contributed by atoms with van der Waals surface area (Å²) < 4.78 is 74.6. The highest BCUT2D eigenvalue weighted by atomic mass is 16.8. The Morgan fingerprint density at radius 3 is 0.747 bits per heavy atom. The molecule has 34 nitrogen and oxygen atoms in total. The average molecular weight is 1110 g/mol. The summed E-state index contributed by atoms with van der Waals surface area (Å²) in [5, 5.41) is 228. The van der Waals surface area contributed by atoms with Crippen LogP contribution in [0.2, 0.25) is 0 Å². The molecule has 438 valence electrons. The van der Waals surface area contributed by atoms with Crippen LogP contribution in [0.1, 0.15) is 0 Å². The Morgan fingerprint density at radius 2 is 0.507 bits per heavy atom. The molecule has 0 aromatic rings. The third-order valence-electron chi connectivity index (χ3n) is 14.1. The van der Waals surface area contributed by atoms with Crippen LogP contribution in [0.4, 0.5) is 0 Å². The first-order valence-electron chi connectivity index (χ1n) is 23.9. The number of aliphatic hydroxyl groups is 21. The Hall–Kier alpha value is -1.36. The summed E-state index contributed by atoms with van der Waals surface area (Å²) in [4.78, 5) is 0. The molecule has 22 aliphatic heterocycles. The Bertz CT molecular complexity index is 1720. The molecule has 0 aliphatic carbocycles. The minimum atomic E-state index is -2.26. The zero-order chi connectivity index (χ0) is 54.9. The molecule has 34 heteroatoms. The molecule has 75 heavy (non-hydrogen) atoms. The van der Waals surface area contributed by atoms with Gasteiger partial charge >= 0.3 is 0 Å². The van der Waals surface area contributed by atoms with Crippen LogP contribution in [0.15, 0.2) is 0 Å². The van der Waals surface area contributed by atoms with Gasteiger partial charge in [-0.1, -0.05) is 0 Å². The normalized spacial score (nSPS) is 51.5. The van der Waals surface area contributed by atoms with Gasteiger partial charge in [-0.25, -0.2) is 0 Å². The van der Waals surface area contributed by atoms with Gasteiger partial charge in [-0.2, -0.15) is 0 Å². The third-order valence-corrected chi connectivity index (χ3v) is 14.1. The zero-order valence-electron chi connectivity index (χ0n) is 39.4. The summed E-state index contributed by atoms with van der Waals surface area (Å²) in [6, 6.07) is 0. The average Bonchev–Trinajstić information content (AvgIpc) is 3.40. The van der Waals surface area contributed by atoms with E-state index in [9.17, 15) is 107 Å². The van der Waals surface area contributed by atoms with Crippen molar-refractivity contribution in [2.45, 2.75) is 203 Å². The second kappa shape index (κ2) is 26.5. The van der Waals surface area contributed by atoms with Crippen molar-refractivity contribution in [3.8, 4) is 0 Å². The Balaban J connectivity index is 1.23. The molecule has 33 atom stereocenters. The largest absolute Gasteiger partial charge is 0.394 e. The van der Waals surface area contributed by atoms with Gasteiger partial charge < -0.3 is 169 Å². The van der Waals surface area contributed by atoms with E-state index in [1.54, 1.807) is 0 Å². The molecule has 0 radical (unpaired) electrons. The molecule has 0 saturated carbocycles. The molecule has 22 heterocycles. The molecule has 22 fully saturated rings. The number of hydrogen-bond acceptors (Lipinski definition) is 34. The van der Waals surface area contributed by atoms with E-state index in [-0.39, 0.29) is 0 Å². The minimum absolute atomic E-state index is 1.02. The van der Waals surface area contributed by atoms with Crippen LogP contribution in [0.5, 0.6) is 0 Å². The molecule has 0 aromatic heterocycles. The Morgan fingerprint density at radius 1 is 0.280 bits per heavy atom. The van der Waals surface area contributed by atoms with Crippen molar-refractivity contribution in [2.24, 2.45) is 0 Å². The first kappa shape index (κ1) is 61.3. The molecule has 0 spiro atoms. The van der Waals surface area contributed by atoms with Gasteiger partial charge in [-0.15, -0.1) is 0 Å². The first-order valence-corrected chi connectivity index (χ1v) is 23.9. The molecule has 22 rings (SSSR count). The van der Waals surface area contributed by atoms with E-state index in [0.29, 0.717) is 0 Å². The number of ether oxygens (including phenoxy) is 13. The lowest BCUT2D eigenvalue weighted by molar-refractivity contribution is -0.405. The predicted octanol–water partition coefficient (Wildman–Crippen LogP) is -15.0. The fraction of sp³-hybridized carbons (Fsp3) is 1.00. The number of hydrogen-bond donors (Lipinski definition) is 21. The van der Waals surface area contributed by atoms with Crippen LogP contribution in [-0.2, 0) is 61.6 Å². The highest BCUT2D eigenvalue weighted by molar-refractivity contribution is 5.01. The van der Waals surface area contributed by atoms with Crippen molar-refractivity contribution in [3.05, 3.63) is 0 Å². The second-order valence-electron chi connectivity index (χ2n) is 19.0. The summed E-state index contributed by atoms with van der Waals surface area (Å²) in [5.74, 6) is 0. The first-order chi connectivity index (χ1) is 35.7. The van der Waals surface area contributed by atoms with Crippen molar-refractivity contribution < 1.29 is 169 Å². The number of aliphatic hydroxyl groups excluding tert-OH is 21. The highest BCUT2D eigenvalue weighted by Gasteiger charge is 2.59. The van der Waals surface area contributed by atoms with Crippen molar-refractivity contribution in [2.75, 3.05) is 52.9 Å². The summed E-state index contributed by atoms with van der Waals surface area (Å²) in [6.45, 7) is -8.41. The molecule has 3 unspecified atom stereocenters. The molecule has 0 amide bonds. The van der Waals surface area contributed by atoms with E-state index in [1.165, 1.54) is 0 Å². The van der Waals surface area contributed by atoms with E-state index in [1.807, 2.05) is 0 Å². The fourth-order valence-electron chi connectivity index (χ4n) is 9.78. The zero-order valence-corrected chi connectivity index (χ0v) is 39.4. The minimum Gasteiger partial charge on any atom is -0.394 e. The lowest BCUT2D eigenvalue weighted by Crippen LogP contribution is -2.69. The van der Waals surface area contributed by atoms with Gasteiger partial charge in [-0.05, 0) is 0 Å². The lowest BCUT2D eigenvalue weighted by atomic mass is 9.94. The van der Waals surface area contributed by atoms with Crippen LogP contribution < -0.4 is 0 Å². The summed E-state index contributed by atoms with van der Waals surface area (Å²) >= 11 is 0. The number of rotatable bonds is 12. The van der Waals surface area contributed by atoms with Crippen LogP contribution in [0.3, 0.4) is 0 Å². The third kappa shape index (κ3) is 12.6.